The molecule has 1 rings (SSSR count). The minimum atomic E-state index is 0.427. The smallest absolute Gasteiger partial charge is 0.143 e. The van der Waals surface area contributed by atoms with E-state index in [0.29, 0.717) is 11.4 Å². The quantitative estimate of drug-likeness (QED) is 0.644. The maximum Gasteiger partial charge on any atom is 0.143 e. The summed E-state index contributed by atoms with van der Waals surface area (Å²) < 4.78 is 4.86. The van der Waals surface area contributed by atoms with Gasteiger partial charge >= 0.3 is 0 Å². The van der Waals surface area contributed by atoms with Gasteiger partial charge in [0.25, 0.3) is 0 Å². The number of aromatic nitrogens is 1. The highest BCUT2D eigenvalue weighted by Gasteiger charge is 2.00. The molecular formula is C6H8N2OS. The van der Waals surface area contributed by atoms with Gasteiger partial charge in [-0.15, -0.1) is 0 Å². The Kier molecular flexibility index (Phi) is 2.01. The van der Waals surface area contributed by atoms with Crippen LogP contribution in [0.25, 0.3) is 0 Å². The van der Waals surface area contributed by atoms with Crippen molar-refractivity contribution in [2.75, 3.05) is 0 Å². The van der Waals surface area contributed by atoms with Crippen molar-refractivity contribution in [1.82, 2.24) is 5.16 Å². The molecule has 0 bridgehead atoms. The number of thiocarbonyl (C=S) groups is 1. The minimum Gasteiger partial charge on any atom is -0.393 e. The predicted molar refractivity (Wildman–Crippen MR) is 41.7 cm³/mol. The van der Waals surface area contributed by atoms with Gasteiger partial charge in [0, 0.05) is 6.07 Å². The van der Waals surface area contributed by atoms with E-state index >= 15 is 0 Å². The molecule has 0 amide bonds. The fourth-order valence-electron chi connectivity index (χ4n) is 0.671. The van der Waals surface area contributed by atoms with E-state index in [-0.39, 0.29) is 0 Å². The Bertz CT molecular complexity index is 244. The van der Waals surface area contributed by atoms with Crippen LogP contribution in [0, 0.1) is 6.92 Å². The lowest BCUT2D eigenvalue weighted by Gasteiger charge is -1.87. The zero-order valence-electron chi connectivity index (χ0n) is 5.63. The van der Waals surface area contributed by atoms with E-state index in [1.54, 1.807) is 0 Å². The topological polar surface area (TPSA) is 52.0 Å². The van der Waals surface area contributed by atoms with Crippen LogP contribution in [0.1, 0.15) is 11.5 Å². The maximum atomic E-state index is 5.28. The molecule has 1 aromatic rings. The molecule has 0 aliphatic carbocycles. The molecule has 0 aromatic carbocycles. The van der Waals surface area contributed by atoms with Gasteiger partial charge in [0.15, 0.2) is 0 Å². The molecule has 54 valence electrons. The third-order valence-corrected chi connectivity index (χ3v) is 1.17. The van der Waals surface area contributed by atoms with Crippen LogP contribution in [-0.4, -0.2) is 10.1 Å². The van der Waals surface area contributed by atoms with Crippen molar-refractivity contribution in [2.45, 2.75) is 13.3 Å². The van der Waals surface area contributed by atoms with Crippen molar-refractivity contribution >= 4 is 17.2 Å². The van der Waals surface area contributed by atoms with Crippen molar-refractivity contribution in [1.29, 1.82) is 0 Å². The Hall–Kier alpha value is -0.900. The van der Waals surface area contributed by atoms with Gasteiger partial charge in [-0.3, -0.25) is 0 Å². The molecule has 2 N–H and O–H groups in total. The fraction of sp³-hybridized carbons (Fsp3) is 0.333. The average Bonchev–Trinajstić information content (AvgIpc) is 2.13. The fourth-order valence-corrected chi connectivity index (χ4v) is 0.814. The van der Waals surface area contributed by atoms with Gasteiger partial charge in [0.05, 0.1) is 17.1 Å². The molecule has 1 heterocycles. The highest BCUT2D eigenvalue weighted by atomic mass is 32.1. The average molecular weight is 156 g/mol. The number of hydrogen-bond donors (Lipinski definition) is 1. The molecule has 0 unspecified atom stereocenters. The number of nitrogens with two attached hydrogens (primary N) is 1. The van der Waals surface area contributed by atoms with E-state index in [0.717, 1.165) is 11.5 Å². The summed E-state index contributed by atoms with van der Waals surface area (Å²) in [5, 5.41) is 3.68. The second-order valence-corrected chi connectivity index (χ2v) is 2.60. The van der Waals surface area contributed by atoms with Crippen LogP contribution in [0.5, 0.6) is 0 Å². The molecule has 0 aliphatic rings. The van der Waals surface area contributed by atoms with Crippen LogP contribution in [0.2, 0.25) is 0 Å². The molecule has 10 heavy (non-hydrogen) atoms. The lowest BCUT2D eigenvalue weighted by molar-refractivity contribution is 0.389. The van der Waals surface area contributed by atoms with Gasteiger partial charge in [0.1, 0.15) is 5.76 Å². The summed E-state index contributed by atoms with van der Waals surface area (Å²) >= 11 is 4.68. The Morgan fingerprint density at radius 2 is 2.60 bits per heavy atom. The Labute approximate surface area is 64.2 Å². The molecule has 1 aromatic heterocycles. The third kappa shape index (κ3) is 1.80. The van der Waals surface area contributed by atoms with Crippen LogP contribution >= 0.6 is 12.2 Å². The zero-order chi connectivity index (χ0) is 7.56. The second kappa shape index (κ2) is 2.79. The SMILES string of the molecule is Cc1cc(CC(N)=S)on1. The Morgan fingerprint density at radius 3 is 3.00 bits per heavy atom. The van der Waals surface area contributed by atoms with Crippen LogP contribution in [0.4, 0.5) is 0 Å². The van der Waals surface area contributed by atoms with Crippen molar-refractivity contribution in [3.05, 3.63) is 17.5 Å². The van der Waals surface area contributed by atoms with E-state index in [9.17, 15) is 0 Å². The van der Waals surface area contributed by atoms with E-state index in [1.807, 2.05) is 13.0 Å². The molecular weight excluding hydrogens is 148 g/mol. The van der Waals surface area contributed by atoms with Crippen LogP contribution < -0.4 is 5.73 Å². The summed E-state index contributed by atoms with van der Waals surface area (Å²) in [4.78, 5) is 0.427. The number of hydrogen-bond acceptors (Lipinski definition) is 3. The summed E-state index contributed by atoms with van der Waals surface area (Å²) in [6.45, 7) is 1.85. The number of aryl methyl sites for hydroxylation is 1. The summed E-state index contributed by atoms with van der Waals surface area (Å²) in [7, 11) is 0. The first-order valence-corrected chi connectivity index (χ1v) is 3.30. The largest absolute Gasteiger partial charge is 0.393 e. The zero-order valence-corrected chi connectivity index (χ0v) is 6.44. The molecule has 0 atom stereocenters. The highest BCUT2D eigenvalue weighted by Crippen LogP contribution is 2.02. The van der Waals surface area contributed by atoms with Gasteiger partial charge in [0.2, 0.25) is 0 Å². The predicted octanol–water partition coefficient (Wildman–Crippen LogP) is 0.812. The monoisotopic (exact) mass is 156 g/mol. The maximum absolute atomic E-state index is 5.28. The minimum absolute atomic E-state index is 0.427. The van der Waals surface area contributed by atoms with Crippen LogP contribution in [0.15, 0.2) is 10.6 Å². The summed E-state index contributed by atoms with van der Waals surface area (Å²) in [5.74, 6) is 0.727. The third-order valence-electron chi connectivity index (χ3n) is 1.03. The Morgan fingerprint density at radius 1 is 1.90 bits per heavy atom. The first kappa shape index (κ1) is 7.21. The van der Waals surface area contributed by atoms with Crippen molar-refractivity contribution < 1.29 is 4.52 Å². The molecule has 0 fully saturated rings. The molecule has 0 aliphatic heterocycles. The van der Waals surface area contributed by atoms with Gasteiger partial charge in [-0.25, -0.2) is 0 Å². The number of rotatable bonds is 2. The molecule has 4 heteroatoms. The van der Waals surface area contributed by atoms with E-state index < -0.39 is 0 Å². The summed E-state index contributed by atoms with van der Waals surface area (Å²) in [6, 6.07) is 1.82. The van der Waals surface area contributed by atoms with Gasteiger partial charge in [-0.2, -0.15) is 0 Å². The molecule has 0 spiro atoms. The van der Waals surface area contributed by atoms with Crippen LogP contribution in [-0.2, 0) is 6.42 Å². The molecule has 0 saturated heterocycles. The van der Waals surface area contributed by atoms with Gasteiger partial charge in [-0.05, 0) is 6.92 Å². The lowest BCUT2D eigenvalue weighted by atomic mass is 10.3. The van der Waals surface area contributed by atoms with Crippen molar-refractivity contribution in [3.63, 3.8) is 0 Å². The first-order chi connectivity index (χ1) is 4.68. The first-order valence-electron chi connectivity index (χ1n) is 2.89. The van der Waals surface area contributed by atoms with Crippen molar-refractivity contribution in [3.8, 4) is 0 Å². The van der Waals surface area contributed by atoms with Crippen LogP contribution in [0.3, 0.4) is 0 Å². The normalized spacial score (nSPS) is 9.70. The highest BCUT2D eigenvalue weighted by molar-refractivity contribution is 7.80. The van der Waals surface area contributed by atoms with Gasteiger partial charge in [-0.1, -0.05) is 17.4 Å². The summed E-state index contributed by atoms with van der Waals surface area (Å²) in [5.41, 5.74) is 6.13. The Balaban J connectivity index is 2.67. The van der Waals surface area contributed by atoms with E-state index in [1.165, 1.54) is 0 Å². The molecule has 0 radical (unpaired) electrons. The second-order valence-electron chi connectivity index (χ2n) is 2.08. The summed E-state index contributed by atoms with van der Waals surface area (Å²) in [6.07, 6.45) is 0.496. The van der Waals surface area contributed by atoms with Crippen molar-refractivity contribution in [2.24, 2.45) is 5.73 Å². The number of nitrogens with zero attached hydrogens (tertiary/aromatic N) is 1. The van der Waals surface area contributed by atoms with E-state index in [2.05, 4.69) is 17.4 Å². The van der Waals surface area contributed by atoms with E-state index in [4.69, 9.17) is 10.3 Å². The molecule has 3 nitrogen and oxygen atoms in total. The van der Waals surface area contributed by atoms with Gasteiger partial charge < -0.3 is 10.3 Å². The molecule has 0 saturated carbocycles. The lowest BCUT2D eigenvalue weighted by Crippen LogP contribution is -2.10. The standard InChI is InChI=1S/C6H8N2OS/c1-4-2-5(9-8-4)3-6(7)10/h2H,3H2,1H3,(H2,7,10).